The van der Waals surface area contributed by atoms with Gasteiger partial charge in [-0.05, 0) is 61.1 Å². The number of hydrogen-bond donors (Lipinski definition) is 1. The van der Waals surface area contributed by atoms with Gasteiger partial charge in [-0.2, -0.15) is 11.8 Å². The molecule has 3 rings (SSSR count). The van der Waals surface area contributed by atoms with E-state index in [2.05, 4.69) is 12.2 Å². The molecule has 0 aromatic heterocycles. The molecule has 6 heteroatoms. The first-order chi connectivity index (χ1) is 14.1. The maximum Gasteiger partial charge on any atom is 0.262 e. The summed E-state index contributed by atoms with van der Waals surface area (Å²) < 4.78 is 0. The number of fused-ring (bicyclic) bond motifs is 1. The van der Waals surface area contributed by atoms with Gasteiger partial charge < -0.3 is 5.32 Å². The SMILES string of the molecule is CCCCc1ccc(NC(=O)[C@@H](CCSC)N2C(=O)c3ccccc3C2=O)cc1. The van der Waals surface area contributed by atoms with Gasteiger partial charge in [-0.1, -0.05) is 37.6 Å². The number of carbonyl (C=O) groups excluding carboxylic acids is 3. The average molecular weight is 411 g/mol. The number of nitrogens with one attached hydrogen (secondary N) is 1. The Kier molecular flexibility index (Phi) is 7.09. The molecular formula is C23H26N2O3S. The van der Waals surface area contributed by atoms with Crippen LogP contribution in [0.1, 0.15) is 52.5 Å². The van der Waals surface area contributed by atoms with Crippen LogP contribution in [-0.4, -0.2) is 40.7 Å². The normalized spacial score (nSPS) is 14.1. The van der Waals surface area contributed by atoms with Crippen LogP contribution in [-0.2, 0) is 11.2 Å². The van der Waals surface area contributed by atoms with Gasteiger partial charge in [-0.15, -0.1) is 0 Å². The first-order valence-electron chi connectivity index (χ1n) is 9.92. The van der Waals surface area contributed by atoms with E-state index in [0.717, 1.165) is 24.2 Å². The average Bonchev–Trinajstić information content (AvgIpc) is 2.99. The van der Waals surface area contributed by atoms with E-state index in [1.54, 1.807) is 36.0 Å². The zero-order valence-electron chi connectivity index (χ0n) is 16.8. The Labute approximate surface area is 175 Å². The summed E-state index contributed by atoms with van der Waals surface area (Å²) in [6, 6.07) is 13.6. The summed E-state index contributed by atoms with van der Waals surface area (Å²) in [5, 5.41) is 2.88. The van der Waals surface area contributed by atoms with Gasteiger partial charge in [0.1, 0.15) is 6.04 Å². The van der Waals surface area contributed by atoms with E-state index in [1.165, 1.54) is 5.56 Å². The van der Waals surface area contributed by atoms with Crippen LogP contribution in [0.5, 0.6) is 0 Å². The molecule has 0 spiro atoms. The Hall–Kier alpha value is -2.60. The summed E-state index contributed by atoms with van der Waals surface area (Å²) in [7, 11) is 0. The molecule has 3 amide bonds. The molecular weight excluding hydrogens is 384 g/mol. The first kappa shape index (κ1) is 21.1. The minimum atomic E-state index is -0.838. The van der Waals surface area contributed by atoms with Gasteiger partial charge in [0, 0.05) is 5.69 Å². The van der Waals surface area contributed by atoms with Crippen molar-refractivity contribution in [2.24, 2.45) is 0 Å². The van der Waals surface area contributed by atoms with Gasteiger partial charge in [0.25, 0.3) is 11.8 Å². The van der Waals surface area contributed by atoms with Crippen molar-refractivity contribution in [1.29, 1.82) is 0 Å². The molecule has 0 saturated carbocycles. The number of thioether (sulfide) groups is 1. The maximum absolute atomic E-state index is 13.0. The molecule has 0 fully saturated rings. The molecule has 5 nitrogen and oxygen atoms in total. The lowest BCUT2D eigenvalue weighted by Gasteiger charge is -2.25. The van der Waals surface area contributed by atoms with Crippen molar-refractivity contribution < 1.29 is 14.4 Å². The number of aryl methyl sites for hydroxylation is 1. The Bertz CT molecular complexity index is 860. The fourth-order valence-corrected chi connectivity index (χ4v) is 3.92. The largest absolute Gasteiger partial charge is 0.324 e. The van der Waals surface area contributed by atoms with E-state index in [9.17, 15) is 14.4 Å². The lowest BCUT2D eigenvalue weighted by molar-refractivity contribution is -0.120. The van der Waals surface area contributed by atoms with Crippen LogP contribution in [0.4, 0.5) is 5.69 Å². The van der Waals surface area contributed by atoms with Crippen molar-refractivity contribution in [3.63, 3.8) is 0 Å². The van der Waals surface area contributed by atoms with Crippen molar-refractivity contribution >= 4 is 35.2 Å². The molecule has 1 aliphatic rings. The molecule has 0 radical (unpaired) electrons. The standard InChI is InChI=1S/C23H26N2O3S/c1-3-4-7-16-10-12-17(13-11-16)24-21(26)20(14-15-29-2)25-22(27)18-8-5-6-9-19(18)23(25)28/h5-6,8-13,20H,3-4,7,14-15H2,1-2H3,(H,24,26)/t20-/m1/s1. The van der Waals surface area contributed by atoms with Gasteiger partial charge in [-0.25, -0.2) is 0 Å². The van der Waals surface area contributed by atoms with Crippen molar-refractivity contribution in [3.05, 3.63) is 65.2 Å². The quantitative estimate of drug-likeness (QED) is 0.623. The zero-order chi connectivity index (χ0) is 20.8. The summed E-state index contributed by atoms with van der Waals surface area (Å²) in [4.78, 5) is 39.8. The number of carbonyl (C=O) groups is 3. The van der Waals surface area contributed by atoms with Gasteiger partial charge in [0.2, 0.25) is 5.91 Å². The predicted molar refractivity (Wildman–Crippen MR) is 117 cm³/mol. The number of nitrogens with zero attached hydrogens (tertiary/aromatic N) is 1. The summed E-state index contributed by atoms with van der Waals surface area (Å²) in [5.41, 5.74) is 2.62. The van der Waals surface area contributed by atoms with E-state index < -0.39 is 17.9 Å². The Balaban J connectivity index is 1.77. The summed E-state index contributed by atoms with van der Waals surface area (Å²) in [6.07, 6.45) is 5.62. The lowest BCUT2D eigenvalue weighted by Crippen LogP contribution is -2.47. The second-order valence-corrected chi connectivity index (χ2v) is 8.10. The fourth-order valence-electron chi connectivity index (χ4n) is 3.46. The highest BCUT2D eigenvalue weighted by molar-refractivity contribution is 7.98. The number of hydrogen-bond acceptors (Lipinski definition) is 4. The third kappa shape index (κ3) is 4.70. The third-order valence-corrected chi connectivity index (χ3v) is 5.72. The van der Waals surface area contributed by atoms with E-state index in [4.69, 9.17) is 0 Å². The van der Waals surface area contributed by atoms with Gasteiger partial charge in [0.05, 0.1) is 11.1 Å². The fraction of sp³-hybridized carbons (Fsp3) is 0.348. The number of rotatable bonds is 9. The second-order valence-electron chi connectivity index (χ2n) is 7.11. The van der Waals surface area contributed by atoms with Crippen LogP contribution in [0.3, 0.4) is 0 Å². The number of benzene rings is 2. The van der Waals surface area contributed by atoms with Crippen LogP contribution in [0.25, 0.3) is 0 Å². The van der Waals surface area contributed by atoms with Gasteiger partial charge >= 0.3 is 0 Å². The third-order valence-electron chi connectivity index (χ3n) is 5.08. The van der Waals surface area contributed by atoms with Crippen molar-refractivity contribution in [2.75, 3.05) is 17.3 Å². The van der Waals surface area contributed by atoms with Crippen LogP contribution in [0, 0.1) is 0 Å². The van der Waals surface area contributed by atoms with E-state index in [-0.39, 0.29) is 5.91 Å². The van der Waals surface area contributed by atoms with Gasteiger partial charge in [-0.3, -0.25) is 19.3 Å². The lowest BCUT2D eigenvalue weighted by atomic mass is 10.1. The van der Waals surface area contributed by atoms with Crippen molar-refractivity contribution in [2.45, 2.75) is 38.6 Å². The highest BCUT2D eigenvalue weighted by atomic mass is 32.2. The molecule has 29 heavy (non-hydrogen) atoms. The molecule has 152 valence electrons. The molecule has 0 aliphatic carbocycles. The minimum Gasteiger partial charge on any atom is -0.324 e. The Morgan fingerprint density at radius 3 is 2.21 bits per heavy atom. The number of amides is 3. The smallest absolute Gasteiger partial charge is 0.262 e. The molecule has 1 N–H and O–H groups in total. The maximum atomic E-state index is 13.0. The number of imide groups is 1. The monoisotopic (exact) mass is 410 g/mol. The van der Waals surface area contributed by atoms with Gasteiger partial charge in [0.15, 0.2) is 0 Å². The minimum absolute atomic E-state index is 0.338. The van der Waals surface area contributed by atoms with Crippen molar-refractivity contribution in [1.82, 2.24) is 4.90 Å². The Morgan fingerprint density at radius 1 is 1.03 bits per heavy atom. The van der Waals surface area contributed by atoms with E-state index in [1.807, 2.05) is 30.5 Å². The zero-order valence-corrected chi connectivity index (χ0v) is 17.6. The Morgan fingerprint density at radius 2 is 1.66 bits per heavy atom. The van der Waals surface area contributed by atoms with Crippen LogP contribution >= 0.6 is 11.8 Å². The molecule has 2 aromatic rings. The van der Waals surface area contributed by atoms with Crippen molar-refractivity contribution in [3.8, 4) is 0 Å². The molecule has 0 saturated heterocycles. The molecule has 0 unspecified atom stereocenters. The summed E-state index contributed by atoms with van der Waals surface area (Å²) in [5.74, 6) is -0.472. The highest BCUT2D eigenvalue weighted by Crippen LogP contribution is 2.27. The molecule has 1 heterocycles. The molecule has 0 bridgehead atoms. The highest BCUT2D eigenvalue weighted by Gasteiger charge is 2.42. The van der Waals surface area contributed by atoms with Crippen LogP contribution < -0.4 is 5.32 Å². The number of unbranched alkanes of at least 4 members (excludes halogenated alkanes) is 1. The van der Waals surface area contributed by atoms with Crippen LogP contribution in [0.15, 0.2) is 48.5 Å². The molecule has 1 aliphatic heterocycles. The second kappa shape index (κ2) is 9.74. The first-order valence-corrected chi connectivity index (χ1v) is 11.3. The topological polar surface area (TPSA) is 66.5 Å². The summed E-state index contributed by atoms with van der Waals surface area (Å²) >= 11 is 1.58. The molecule has 2 aromatic carbocycles. The number of anilines is 1. The van der Waals surface area contributed by atoms with Crippen LogP contribution in [0.2, 0.25) is 0 Å². The predicted octanol–water partition coefficient (Wildman–Crippen LogP) is 4.39. The summed E-state index contributed by atoms with van der Waals surface area (Å²) in [6.45, 7) is 2.16. The van der Waals surface area contributed by atoms with E-state index >= 15 is 0 Å². The van der Waals surface area contributed by atoms with E-state index in [0.29, 0.717) is 29.0 Å². The molecule has 1 atom stereocenters.